The maximum absolute atomic E-state index is 13.7. The van der Waals surface area contributed by atoms with Gasteiger partial charge in [0.2, 0.25) is 11.7 Å². The summed E-state index contributed by atoms with van der Waals surface area (Å²) < 4.78 is 23.9. The van der Waals surface area contributed by atoms with Gasteiger partial charge in [0.05, 0.1) is 24.2 Å². The molecule has 2 aromatic carbocycles. The molecule has 0 aliphatic heterocycles. The molecule has 0 unspecified atom stereocenters. The topological polar surface area (TPSA) is 77.3 Å². The summed E-state index contributed by atoms with van der Waals surface area (Å²) in [5.41, 5.74) is 0.512. The molecular weight excluding hydrogens is 349 g/mol. The van der Waals surface area contributed by atoms with Gasteiger partial charge in [0.15, 0.2) is 0 Å². The smallest absolute Gasteiger partial charge is 0.256 e. The Labute approximate surface area is 147 Å². The minimum Gasteiger partial charge on any atom is -0.497 e. The maximum atomic E-state index is 13.7. The van der Waals surface area contributed by atoms with Crippen molar-refractivity contribution in [1.82, 2.24) is 15.5 Å². The number of rotatable bonds is 5. The average Bonchev–Trinajstić information content (AvgIpc) is 3.09. The van der Waals surface area contributed by atoms with Crippen molar-refractivity contribution in [2.24, 2.45) is 0 Å². The Morgan fingerprint density at radius 2 is 2.04 bits per heavy atom. The Morgan fingerprint density at radius 1 is 1.28 bits per heavy atom. The molecule has 1 heterocycles. The number of halogens is 2. The van der Waals surface area contributed by atoms with Crippen molar-refractivity contribution in [3.63, 3.8) is 0 Å². The van der Waals surface area contributed by atoms with E-state index in [0.717, 1.165) is 11.6 Å². The average molecular weight is 362 g/mol. The highest BCUT2D eigenvalue weighted by molar-refractivity contribution is 6.33. The highest BCUT2D eigenvalue weighted by Crippen LogP contribution is 2.20. The molecule has 0 atom stereocenters. The molecule has 1 aromatic heterocycles. The number of nitrogens with one attached hydrogen (secondary N) is 1. The molecule has 1 N–H and O–H groups in total. The van der Waals surface area contributed by atoms with Gasteiger partial charge in [0.1, 0.15) is 11.6 Å². The molecular formula is C17H13ClFN3O3. The Balaban J connectivity index is 1.68. The second-order valence-electron chi connectivity index (χ2n) is 5.02. The summed E-state index contributed by atoms with van der Waals surface area (Å²) in [5.74, 6) is -0.0919. The second kappa shape index (κ2) is 7.31. The van der Waals surface area contributed by atoms with Crippen LogP contribution in [-0.2, 0) is 6.54 Å². The Hall–Kier alpha value is -2.93. The van der Waals surface area contributed by atoms with Crippen LogP contribution in [0.4, 0.5) is 4.39 Å². The normalized spacial score (nSPS) is 10.5. The minimum atomic E-state index is -0.700. The third-order valence-corrected chi connectivity index (χ3v) is 3.72. The van der Waals surface area contributed by atoms with E-state index in [0.29, 0.717) is 11.6 Å². The molecule has 3 aromatic rings. The molecule has 0 bridgehead atoms. The summed E-state index contributed by atoms with van der Waals surface area (Å²) in [6, 6.07) is 11.1. The van der Waals surface area contributed by atoms with Gasteiger partial charge in [-0.2, -0.15) is 4.98 Å². The van der Waals surface area contributed by atoms with Crippen LogP contribution < -0.4 is 10.1 Å². The summed E-state index contributed by atoms with van der Waals surface area (Å²) >= 11 is 5.85. The molecule has 0 radical (unpaired) electrons. The fourth-order valence-electron chi connectivity index (χ4n) is 2.14. The summed E-state index contributed by atoms with van der Waals surface area (Å²) in [4.78, 5) is 16.3. The van der Waals surface area contributed by atoms with Crippen LogP contribution in [0.5, 0.6) is 5.75 Å². The highest BCUT2D eigenvalue weighted by Gasteiger charge is 2.17. The van der Waals surface area contributed by atoms with Crippen LogP contribution in [-0.4, -0.2) is 23.2 Å². The van der Waals surface area contributed by atoms with Crippen molar-refractivity contribution < 1.29 is 18.4 Å². The van der Waals surface area contributed by atoms with E-state index in [2.05, 4.69) is 15.5 Å². The van der Waals surface area contributed by atoms with Crippen LogP contribution in [0.25, 0.3) is 11.4 Å². The van der Waals surface area contributed by atoms with Gasteiger partial charge in [-0.05, 0) is 36.4 Å². The van der Waals surface area contributed by atoms with Gasteiger partial charge in [-0.25, -0.2) is 4.39 Å². The van der Waals surface area contributed by atoms with Crippen molar-refractivity contribution in [3.05, 3.63) is 64.8 Å². The van der Waals surface area contributed by atoms with Gasteiger partial charge in [0, 0.05) is 5.56 Å². The fraction of sp³-hybridized carbons (Fsp3) is 0.118. The lowest BCUT2D eigenvalue weighted by molar-refractivity contribution is 0.0942. The van der Waals surface area contributed by atoms with Gasteiger partial charge in [-0.1, -0.05) is 22.8 Å². The SMILES string of the molecule is COc1ccc(-c2noc(CNC(=O)c3c(F)cccc3Cl)n2)cc1. The van der Waals surface area contributed by atoms with Gasteiger partial charge in [-0.15, -0.1) is 0 Å². The molecule has 0 saturated carbocycles. The van der Waals surface area contributed by atoms with E-state index < -0.39 is 11.7 Å². The molecule has 25 heavy (non-hydrogen) atoms. The van der Waals surface area contributed by atoms with E-state index in [1.54, 1.807) is 31.4 Å². The molecule has 0 fully saturated rings. The van der Waals surface area contributed by atoms with E-state index in [9.17, 15) is 9.18 Å². The van der Waals surface area contributed by atoms with Crippen LogP contribution in [0.15, 0.2) is 47.0 Å². The largest absolute Gasteiger partial charge is 0.497 e. The zero-order chi connectivity index (χ0) is 17.8. The predicted molar refractivity (Wildman–Crippen MR) is 88.9 cm³/mol. The highest BCUT2D eigenvalue weighted by atomic mass is 35.5. The lowest BCUT2D eigenvalue weighted by Gasteiger charge is -2.05. The van der Waals surface area contributed by atoms with Crippen molar-refractivity contribution in [2.45, 2.75) is 6.54 Å². The van der Waals surface area contributed by atoms with E-state index in [1.807, 2.05) is 0 Å². The Kier molecular flexibility index (Phi) is 4.95. The number of ether oxygens (including phenoxy) is 1. The van der Waals surface area contributed by atoms with Crippen molar-refractivity contribution >= 4 is 17.5 Å². The number of aromatic nitrogens is 2. The quantitative estimate of drug-likeness (QED) is 0.753. The number of hydrogen-bond acceptors (Lipinski definition) is 5. The van der Waals surface area contributed by atoms with Crippen molar-refractivity contribution in [3.8, 4) is 17.1 Å². The molecule has 0 spiro atoms. The standard InChI is InChI=1S/C17H13ClFN3O3/c1-24-11-7-5-10(6-8-11)16-21-14(25-22-16)9-20-17(23)15-12(18)3-2-4-13(15)19/h2-8H,9H2,1H3,(H,20,23). The summed E-state index contributed by atoms with van der Waals surface area (Å²) in [6.45, 7) is -0.0490. The second-order valence-corrected chi connectivity index (χ2v) is 5.43. The predicted octanol–water partition coefficient (Wildman–Crippen LogP) is 3.47. The molecule has 8 heteroatoms. The Morgan fingerprint density at radius 3 is 2.72 bits per heavy atom. The first-order chi connectivity index (χ1) is 12.1. The van der Waals surface area contributed by atoms with Gasteiger partial charge < -0.3 is 14.6 Å². The van der Waals surface area contributed by atoms with Crippen LogP contribution in [0.1, 0.15) is 16.2 Å². The summed E-state index contributed by atoms with van der Waals surface area (Å²) in [5, 5.41) is 6.38. The number of benzene rings is 2. The zero-order valence-electron chi connectivity index (χ0n) is 13.1. The van der Waals surface area contributed by atoms with Crippen LogP contribution in [0.2, 0.25) is 5.02 Å². The first-order valence-corrected chi connectivity index (χ1v) is 7.65. The van der Waals surface area contributed by atoms with Gasteiger partial charge in [-0.3, -0.25) is 4.79 Å². The number of carbonyl (C=O) groups excluding carboxylic acids is 1. The van der Waals surface area contributed by atoms with Gasteiger partial charge >= 0.3 is 0 Å². The minimum absolute atomic E-state index is 0.0296. The van der Waals surface area contributed by atoms with E-state index >= 15 is 0 Å². The van der Waals surface area contributed by atoms with Crippen LogP contribution >= 0.6 is 11.6 Å². The lowest BCUT2D eigenvalue weighted by Crippen LogP contribution is -2.24. The zero-order valence-corrected chi connectivity index (χ0v) is 13.9. The van der Waals surface area contributed by atoms with E-state index in [4.69, 9.17) is 20.9 Å². The molecule has 6 nitrogen and oxygen atoms in total. The maximum Gasteiger partial charge on any atom is 0.256 e. The number of methoxy groups -OCH3 is 1. The monoisotopic (exact) mass is 361 g/mol. The first-order valence-electron chi connectivity index (χ1n) is 7.27. The lowest BCUT2D eigenvalue weighted by atomic mass is 10.2. The number of hydrogen-bond donors (Lipinski definition) is 1. The third kappa shape index (κ3) is 3.77. The summed E-state index contributed by atoms with van der Waals surface area (Å²) in [6.07, 6.45) is 0. The van der Waals surface area contributed by atoms with Crippen LogP contribution in [0.3, 0.4) is 0 Å². The number of nitrogens with zero attached hydrogens (tertiary/aromatic N) is 2. The van der Waals surface area contributed by atoms with E-state index in [-0.39, 0.29) is 23.0 Å². The molecule has 0 aliphatic carbocycles. The molecule has 1 amide bonds. The fourth-order valence-corrected chi connectivity index (χ4v) is 2.39. The molecule has 128 valence electrons. The molecule has 3 rings (SSSR count). The van der Waals surface area contributed by atoms with Gasteiger partial charge in [0.25, 0.3) is 5.91 Å². The first kappa shape index (κ1) is 16.9. The van der Waals surface area contributed by atoms with Crippen molar-refractivity contribution in [1.29, 1.82) is 0 Å². The number of carbonyl (C=O) groups is 1. The third-order valence-electron chi connectivity index (χ3n) is 3.41. The Bertz CT molecular complexity index is 876. The summed E-state index contributed by atoms with van der Waals surface area (Å²) in [7, 11) is 1.58. The van der Waals surface area contributed by atoms with Crippen LogP contribution in [0, 0.1) is 5.82 Å². The van der Waals surface area contributed by atoms with E-state index in [1.165, 1.54) is 12.1 Å². The number of amides is 1. The molecule has 0 aliphatic rings. The molecule has 0 saturated heterocycles. The van der Waals surface area contributed by atoms with Crippen molar-refractivity contribution in [2.75, 3.05) is 7.11 Å².